The van der Waals surface area contributed by atoms with E-state index in [0.29, 0.717) is 28.1 Å². The number of nitrogens with zero attached hydrogens (tertiary/aromatic N) is 3. The van der Waals surface area contributed by atoms with Crippen LogP contribution in [0.3, 0.4) is 0 Å². The molecule has 2 heterocycles. The molecule has 63 heavy (non-hydrogen) atoms. The van der Waals surface area contributed by atoms with E-state index in [1.54, 1.807) is 58.2 Å². The summed E-state index contributed by atoms with van der Waals surface area (Å²) in [4.78, 5) is 76.2. The number of fused-ring (bicyclic) bond motifs is 1. The lowest BCUT2D eigenvalue weighted by Gasteiger charge is -2.31. The van der Waals surface area contributed by atoms with E-state index in [1.807, 2.05) is 30.3 Å². The molecule has 0 bridgehead atoms. The molecule has 1 aliphatic heterocycles. The second-order valence-electron chi connectivity index (χ2n) is 16.4. The number of hydrogen-bond donors (Lipinski definition) is 3. The third-order valence-electron chi connectivity index (χ3n) is 10.8. The first-order valence-corrected chi connectivity index (χ1v) is 21.8. The molecule has 3 N–H and O–H groups in total. The largest absolute Gasteiger partial charge is 0.497 e. The standard InChI is InChI=1S/C46H52N6O10S/c1-8-30-27-46(30,43(56)50-63(58,59)33-18-14-11-15-19-33)49-41(54)38-25-32(28-52(38)42(55)35(22-23-51(6)40(53)9-2)48-44(57)62-45(3,4)5)61-39-26-36(29-16-12-10-13-17-29)47-37-24-31(60-7)20-21-34(37)39/h8-21,24,26,30,32,35,38H,1-2,22-23,25,27-28H2,3-7H3,(H,48,57)(H,49,54)(H,50,56)/t30-,32+,35-,38-,46-/m1/s1. The summed E-state index contributed by atoms with van der Waals surface area (Å²) in [5.41, 5.74) is -0.668. The molecule has 2 fully saturated rings. The fourth-order valence-electron chi connectivity index (χ4n) is 7.42. The van der Waals surface area contributed by atoms with Crippen molar-refractivity contribution >= 4 is 50.6 Å². The molecule has 6 rings (SSSR count). The third kappa shape index (κ3) is 10.7. The molecule has 3 aromatic carbocycles. The van der Waals surface area contributed by atoms with Gasteiger partial charge in [-0.15, -0.1) is 6.58 Å². The van der Waals surface area contributed by atoms with Gasteiger partial charge in [-0.2, -0.15) is 0 Å². The van der Waals surface area contributed by atoms with Crippen molar-refractivity contribution in [3.05, 3.63) is 110 Å². The smallest absolute Gasteiger partial charge is 0.408 e. The fraction of sp³-hybridized carbons (Fsp3) is 0.348. The molecule has 1 aliphatic carbocycles. The summed E-state index contributed by atoms with van der Waals surface area (Å²) >= 11 is 0. The van der Waals surface area contributed by atoms with Crippen molar-refractivity contribution < 1.29 is 46.6 Å². The summed E-state index contributed by atoms with van der Waals surface area (Å²) < 4.78 is 46.3. The Kier molecular flexibility index (Phi) is 13.6. The highest BCUT2D eigenvalue weighted by molar-refractivity contribution is 7.90. The molecule has 5 atom stereocenters. The van der Waals surface area contributed by atoms with E-state index in [4.69, 9.17) is 19.2 Å². The van der Waals surface area contributed by atoms with Crippen molar-refractivity contribution in [2.45, 2.75) is 74.3 Å². The van der Waals surface area contributed by atoms with Crippen molar-refractivity contribution in [2.75, 3.05) is 27.2 Å². The van der Waals surface area contributed by atoms with E-state index in [-0.39, 0.29) is 37.2 Å². The first-order chi connectivity index (χ1) is 29.9. The third-order valence-corrected chi connectivity index (χ3v) is 12.2. The van der Waals surface area contributed by atoms with Crippen LogP contribution in [-0.2, 0) is 33.9 Å². The first kappa shape index (κ1) is 45.8. The van der Waals surface area contributed by atoms with Crippen LogP contribution in [0.15, 0.2) is 115 Å². The quantitative estimate of drug-likeness (QED) is 0.104. The van der Waals surface area contributed by atoms with Crippen LogP contribution in [0.25, 0.3) is 22.2 Å². The van der Waals surface area contributed by atoms with Gasteiger partial charge in [0, 0.05) is 49.0 Å². The van der Waals surface area contributed by atoms with Gasteiger partial charge in [-0.25, -0.2) is 22.9 Å². The number of benzene rings is 3. The Bertz CT molecular complexity index is 2510. The number of nitrogens with one attached hydrogen (secondary N) is 3. The van der Waals surface area contributed by atoms with Crippen LogP contribution in [0, 0.1) is 5.92 Å². The number of likely N-dealkylation sites (tertiary alicyclic amines) is 1. The van der Waals surface area contributed by atoms with Gasteiger partial charge in [0.1, 0.15) is 40.8 Å². The molecule has 1 saturated carbocycles. The molecule has 5 amide bonds. The molecule has 0 unspecified atom stereocenters. The fourth-order valence-corrected chi connectivity index (χ4v) is 8.48. The van der Waals surface area contributed by atoms with E-state index >= 15 is 0 Å². The van der Waals surface area contributed by atoms with Crippen LogP contribution in [-0.4, -0.2) is 109 Å². The Labute approximate surface area is 366 Å². The Morgan fingerprint density at radius 3 is 2.30 bits per heavy atom. The maximum Gasteiger partial charge on any atom is 0.408 e. The summed E-state index contributed by atoms with van der Waals surface area (Å²) in [7, 11) is -1.27. The van der Waals surface area contributed by atoms with Crippen LogP contribution < -0.4 is 24.8 Å². The second-order valence-corrected chi connectivity index (χ2v) is 18.1. The van der Waals surface area contributed by atoms with Gasteiger partial charge < -0.3 is 34.6 Å². The summed E-state index contributed by atoms with van der Waals surface area (Å²) in [5, 5.41) is 6.03. The Morgan fingerprint density at radius 2 is 1.68 bits per heavy atom. The number of carbonyl (C=O) groups excluding carboxylic acids is 5. The molecule has 332 valence electrons. The first-order valence-electron chi connectivity index (χ1n) is 20.3. The Morgan fingerprint density at radius 1 is 1.00 bits per heavy atom. The van der Waals surface area contributed by atoms with Crippen LogP contribution in [0.1, 0.15) is 40.0 Å². The number of sulfonamides is 1. The predicted octanol–water partition coefficient (Wildman–Crippen LogP) is 4.75. The number of hydrogen-bond acceptors (Lipinski definition) is 11. The Hall–Kier alpha value is -6.75. The van der Waals surface area contributed by atoms with Gasteiger partial charge in [0.25, 0.3) is 15.9 Å². The van der Waals surface area contributed by atoms with Crippen molar-refractivity contribution in [1.29, 1.82) is 0 Å². The minimum Gasteiger partial charge on any atom is -0.497 e. The zero-order valence-electron chi connectivity index (χ0n) is 35.8. The summed E-state index contributed by atoms with van der Waals surface area (Å²) in [6, 6.07) is 21.3. The van der Waals surface area contributed by atoms with Gasteiger partial charge in [-0.3, -0.25) is 19.2 Å². The van der Waals surface area contributed by atoms with Crippen molar-refractivity contribution in [3.63, 3.8) is 0 Å². The second kappa shape index (κ2) is 18.7. The number of likely N-dealkylation sites (N-methyl/N-ethyl adjacent to an activating group) is 1. The van der Waals surface area contributed by atoms with Gasteiger partial charge in [-0.1, -0.05) is 61.2 Å². The number of amides is 5. The molecule has 0 spiro atoms. The SMILES string of the molecule is C=CC(=O)N(C)CC[C@@H](NC(=O)OC(C)(C)C)C(=O)N1C[C@@H](Oc2cc(-c3ccccc3)nc3cc(OC)ccc23)C[C@@H]1C(=O)N[C@]1(C(=O)NS(=O)(=O)c2ccccc2)C[C@H]1C=C. The topological polar surface area (TPSA) is 203 Å². The van der Waals surface area contributed by atoms with Crippen LogP contribution in [0.2, 0.25) is 0 Å². The van der Waals surface area contributed by atoms with E-state index in [2.05, 4.69) is 28.5 Å². The van der Waals surface area contributed by atoms with Gasteiger partial charge in [0.2, 0.25) is 17.7 Å². The molecule has 16 nitrogen and oxygen atoms in total. The zero-order valence-corrected chi connectivity index (χ0v) is 36.6. The van der Waals surface area contributed by atoms with Crippen LogP contribution >= 0.6 is 0 Å². The summed E-state index contributed by atoms with van der Waals surface area (Å²) in [6.07, 6.45) is 0.726. The Balaban J connectivity index is 1.36. The number of ether oxygens (including phenoxy) is 3. The minimum atomic E-state index is -4.33. The monoisotopic (exact) mass is 880 g/mol. The lowest BCUT2D eigenvalue weighted by Crippen LogP contribution is -2.58. The molecule has 1 aromatic heterocycles. The minimum absolute atomic E-state index is 0.0105. The number of rotatable bonds is 16. The zero-order chi connectivity index (χ0) is 45.7. The van der Waals surface area contributed by atoms with Crippen molar-refractivity contribution in [2.24, 2.45) is 5.92 Å². The lowest BCUT2D eigenvalue weighted by atomic mass is 10.1. The number of aromatic nitrogens is 1. The predicted molar refractivity (Wildman–Crippen MR) is 235 cm³/mol. The maximum absolute atomic E-state index is 14.8. The van der Waals surface area contributed by atoms with Gasteiger partial charge in [-0.05, 0) is 64.0 Å². The lowest BCUT2D eigenvalue weighted by molar-refractivity contribution is -0.141. The number of alkyl carbamates (subject to hydrolysis) is 1. The highest BCUT2D eigenvalue weighted by Gasteiger charge is 2.61. The maximum atomic E-state index is 14.8. The molecular formula is C46H52N6O10S. The highest BCUT2D eigenvalue weighted by Crippen LogP contribution is 2.45. The van der Waals surface area contributed by atoms with Gasteiger partial charge in [0.05, 0.1) is 29.8 Å². The van der Waals surface area contributed by atoms with Crippen LogP contribution in [0.5, 0.6) is 11.5 Å². The average Bonchev–Trinajstić information content (AvgIpc) is 3.82. The van der Waals surface area contributed by atoms with Crippen molar-refractivity contribution in [1.82, 2.24) is 30.1 Å². The average molecular weight is 881 g/mol. The molecule has 17 heteroatoms. The van der Waals surface area contributed by atoms with Crippen LogP contribution in [0.4, 0.5) is 4.79 Å². The van der Waals surface area contributed by atoms with E-state index in [1.165, 1.54) is 47.2 Å². The van der Waals surface area contributed by atoms with Gasteiger partial charge in [0.15, 0.2) is 0 Å². The molecule has 0 radical (unpaired) electrons. The molecule has 2 aliphatic rings. The number of pyridine rings is 1. The summed E-state index contributed by atoms with van der Waals surface area (Å²) in [6.45, 7) is 12.2. The molecule has 1 saturated heterocycles. The van der Waals surface area contributed by atoms with Gasteiger partial charge >= 0.3 is 6.09 Å². The summed E-state index contributed by atoms with van der Waals surface area (Å²) in [5.74, 6) is -2.51. The van der Waals surface area contributed by atoms with E-state index < -0.39 is 75.0 Å². The van der Waals surface area contributed by atoms with E-state index in [9.17, 15) is 32.4 Å². The van der Waals surface area contributed by atoms with Crippen molar-refractivity contribution in [3.8, 4) is 22.8 Å². The molecular weight excluding hydrogens is 829 g/mol. The normalized spacial score (nSPS) is 19.8. The van der Waals surface area contributed by atoms with E-state index in [0.717, 1.165) is 11.6 Å². The number of carbonyl (C=O) groups is 5. The highest BCUT2D eigenvalue weighted by atomic mass is 32.2. The number of methoxy groups -OCH3 is 1. The molecule has 4 aromatic rings.